The monoisotopic (exact) mass is 472 g/mol. The molecular formula is C20H33IN4O. The molecule has 2 N–H and O–H groups in total. The molecule has 3 rings (SSSR count). The van der Waals surface area contributed by atoms with Crippen LogP contribution in [0, 0.1) is 0 Å². The Hall–Kier alpha value is -1.02. The van der Waals surface area contributed by atoms with Crippen LogP contribution in [0.5, 0.6) is 5.75 Å². The molecule has 0 aromatic heterocycles. The molecule has 0 radical (unpaired) electrons. The minimum Gasteiger partial charge on any atom is -0.493 e. The standard InChI is InChI=1S/C20H32N4O.HI/c1-3-21-20(23-12-13-24(4-2)18-6-7-18)22-11-9-16-5-8-19-17(15-16)10-14-25-19;/h5,8,15,18H,3-4,6-7,9-14H2,1-2H3,(H2,21,22,23);1H. The Kier molecular flexibility index (Phi) is 8.98. The van der Waals surface area contributed by atoms with Crippen LogP contribution in [0.1, 0.15) is 37.8 Å². The van der Waals surface area contributed by atoms with E-state index < -0.39 is 0 Å². The summed E-state index contributed by atoms with van der Waals surface area (Å²) in [6.07, 6.45) is 4.76. The topological polar surface area (TPSA) is 48.9 Å². The van der Waals surface area contributed by atoms with Crippen LogP contribution in [0.3, 0.4) is 0 Å². The van der Waals surface area contributed by atoms with Crippen LogP contribution in [0.2, 0.25) is 0 Å². The summed E-state index contributed by atoms with van der Waals surface area (Å²) in [5.41, 5.74) is 2.70. The highest BCUT2D eigenvalue weighted by atomic mass is 127. The molecule has 146 valence electrons. The highest BCUT2D eigenvalue weighted by Crippen LogP contribution is 2.26. The number of hydrogen-bond acceptors (Lipinski definition) is 3. The molecule has 2 aliphatic rings. The molecule has 0 bridgehead atoms. The molecule has 1 saturated carbocycles. The highest BCUT2D eigenvalue weighted by Gasteiger charge is 2.27. The third kappa shape index (κ3) is 6.30. The van der Waals surface area contributed by atoms with E-state index in [9.17, 15) is 0 Å². The Morgan fingerprint density at radius 3 is 2.85 bits per heavy atom. The van der Waals surface area contributed by atoms with Gasteiger partial charge in [-0.15, -0.1) is 24.0 Å². The average molecular weight is 472 g/mol. The molecule has 1 fully saturated rings. The molecule has 0 unspecified atom stereocenters. The number of benzene rings is 1. The largest absolute Gasteiger partial charge is 0.493 e. The molecule has 6 heteroatoms. The lowest BCUT2D eigenvalue weighted by Crippen LogP contribution is -2.39. The summed E-state index contributed by atoms with van der Waals surface area (Å²) in [7, 11) is 0. The van der Waals surface area contributed by atoms with Crippen molar-refractivity contribution in [3.63, 3.8) is 0 Å². The second kappa shape index (κ2) is 11.0. The van der Waals surface area contributed by atoms with E-state index in [0.717, 1.165) is 69.9 Å². The maximum atomic E-state index is 5.57. The third-order valence-electron chi connectivity index (χ3n) is 4.93. The van der Waals surface area contributed by atoms with Gasteiger partial charge in [-0.25, -0.2) is 0 Å². The van der Waals surface area contributed by atoms with Gasteiger partial charge in [0.05, 0.1) is 13.2 Å². The first kappa shape index (κ1) is 21.3. The van der Waals surface area contributed by atoms with Crippen molar-refractivity contribution in [1.29, 1.82) is 0 Å². The van der Waals surface area contributed by atoms with Crippen LogP contribution in [0.4, 0.5) is 0 Å². The van der Waals surface area contributed by atoms with Crippen LogP contribution >= 0.6 is 24.0 Å². The quantitative estimate of drug-likeness (QED) is 0.330. The van der Waals surface area contributed by atoms with Crippen LogP contribution in [0.15, 0.2) is 23.2 Å². The fourth-order valence-corrected chi connectivity index (χ4v) is 3.39. The number of guanidine groups is 1. The summed E-state index contributed by atoms with van der Waals surface area (Å²) in [5, 5.41) is 6.81. The predicted octanol–water partition coefficient (Wildman–Crippen LogP) is 2.82. The molecule has 1 heterocycles. The number of likely N-dealkylation sites (N-methyl/N-ethyl adjacent to an activating group) is 1. The number of hydrogen-bond donors (Lipinski definition) is 2. The molecular weight excluding hydrogens is 439 g/mol. The number of nitrogens with one attached hydrogen (secondary N) is 2. The van der Waals surface area contributed by atoms with Gasteiger partial charge in [-0.05, 0) is 49.9 Å². The summed E-state index contributed by atoms with van der Waals surface area (Å²) in [6, 6.07) is 7.38. The van der Waals surface area contributed by atoms with E-state index in [1.807, 2.05) is 0 Å². The van der Waals surface area contributed by atoms with Crippen molar-refractivity contribution in [2.45, 2.75) is 45.6 Å². The minimum absolute atomic E-state index is 0. The van der Waals surface area contributed by atoms with Crippen molar-refractivity contribution in [2.24, 2.45) is 4.99 Å². The first-order valence-corrected chi connectivity index (χ1v) is 9.81. The summed E-state index contributed by atoms with van der Waals surface area (Å²) in [6.45, 7) is 10.0. The summed E-state index contributed by atoms with van der Waals surface area (Å²) >= 11 is 0. The number of aliphatic imine (C=N–C) groups is 1. The van der Waals surface area contributed by atoms with E-state index in [1.165, 1.54) is 24.0 Å². The Bertz CT molecular complexity index is 589. The summed E-state index contributed by atoms with van der Waals surface area (Å²) in [5.74, 6) is 1.99. The first-order chi connectivity index (χ1) is 12.3. The Morgan fingerprint density at radius 2 is 2.12 bits per heavy atom. The average Bonchev–Trinajstić information content (AvgIpc) is 3.35. The van der Waals surface area contributed by atoms with E-state index >= 15 is 0 Å². The van der Waals surface area contributed by atoms with E-state index in [2.05, 4.69) is 47.6 Å². The maximum absolute atomic E-state index is 5.57. The Labute approximate surface area is 175 Å². The number of halogens is 1. The van der Waals surface area contributed by atoms with Gasteiger partial charge in [0.2, 0.25) is 0 Å². The first-order valence-electron chi connectivity index (χ1n) is 9.81. The van der Waals surface area contributed by atoms with E-state index in [0.29, 0.717) is 0 Å². The number of ether oxygens (including phenoxy) is 1. The summed E-state index contributed by atoms with van der Waals surface area (Å²) < 4.78 is 5.57. The van der Waals surface area contributed by atoms with E-state index in [1.54, 1.807) is 0 Å². The zero-order chi connectivity index (χ0) is 17.5. The Balaban J connectivity index is 0.00000243. The second-order valence-electron chi connectivity index (χ2n) is 6.84. The van der Waals surface area contributed by atoms with Gasteiger partial charge in [0.1, 0.15) is 5.75 Å². The van der Waals surface area contributed by atoms with Crippen molar-refractivity contribution in [2.75, 3.05) is 39.3 Å². The molecule has 5 nitrogen and oxygen atoms in total. The zero-order valence-corrected chi connectivity index (χ0v) is 18.4. The summed E-state index contributed by atoms with van der Waals surface area (Å²) in [4.78, 5) is 7.27. The van der Waals surface area contributed by atoms with Crippen LogP contribution in [0.25, 0.3) is 0 Å². The predicted molar refractivity (Wildman–Crippen MR) is 119 cm³/mol. The molecule has 0 amide bonds. The molecule has 0 atom stereocenters. The van der Waals surface area contributed by atoms with Crippen molar-refractivity contribution in [1.82, 2.24) is 15.5 Å². The fourth-order valence-electron chi connectivity index (χ4n) is 3.39. The van der Waals surface area contributed by atoms with Crippen molar-refractivity contribution >= 4 is 29.9 Å². The minimum atomic E-state index is 0. The van der Waals surface area contributed by atoms with Gasteiger partial charge in [0.25, 0.3) is 0 Å². The number of rotatable bonds is 9. The zero-order valence-electron chi connectivity index (χ0n) is 16.1. The van der Waals surface area contributed by atoms with Gasteiger partial charge in [-0.3, -0.25) is 9.89 Å². The van der Waals surface area contributed by atoms with Crippen molar-refractivity contribution < 1.29 is 4.74 Å². The molecule has 1 aromatic rings. The van der Waals surface area contributed by atoms with Gasteiger partial charge in [-0.2, -0.15) is 0 Å². The van der Waals surface area contributed by atoms with Crippen LogP contribution in [-0.4, -0.2) is 56.2 Å². The van der Waals surface area contributed by atoms with Gasteiger partial charge in [0, 0.05) is 32.1 Å². The number of fused-ring (bicyclic) bond motifs is 1. The Morgan fingerprint density at radius 1 is 1.27 bits per heavy atom. The normalized spacial score (nSPS) is 16.0. The van der Waals surface area contributed by atoms with Crippen LogP contribution < -0.4 is 15.4 Å². The third-order valence-corrected chi connectivity index (χ3v) is 4.93. The molecule has 26 heavy (non-hydrogen) atoms. The van der Waals surface area contributed by atoms with Gasteiger partial charge in [0.15, 0.2) is 5.96 Å². The van der Waals surface area contributed by atoms with E-state index in [4.69, 9.17) is 9.73 Å². The molecule has 1 aromatic carbocycles. The molecule has 1 aliphatic carbocycles. The van der Waals surface area contributed by atoms with Crippen molar-refractivity contribution in [3.05, 3.63) is 29.3 Å². The second-order valence-corrected chi connectivity index (χ2v) is 6.84. The number of nitrogens with zero attached hydrogens (tertiary/aromatic N) is 2. The highest BCUT2D eigenvalue weighted by molar-refractivity contribution is 14.0. The van der Waals surface area contributed by atoms with Gasteiger partial charge in [-0.1, -0.05) is 19.1 Å². The van der Waals surface area contributed by atoms with Gasteiger partial charge >= 0.3 is 0 Å². The molecule has 0 spiro atoms. The molecule has 0 saturated heterocycles. The lowest BCUT2D eigenvalue weighted by Gasteiger charge is -2.19. The smallest absolute Gasteiger partial charge is 0.191 e. The van der Waals surface area contributed by atoms with E-state index in [-0.39, 0.29) is 24.0 Å². The lowest BCUT2D eigenvalue weighted by molar-refractivity contribution is 0.286. The fraction of sp³-hybridized carbons (Fsp3) is 0.650. The van der Waals surface area contributed by atoms with Gasteiger partial charge < -0.3 is 15.4 Å². The molecule has 1 aliphatic heterocycles. The SMILES string of the molecule is CCNC(=NCCN(CC)C1CC1)NCCc1ccc2c(c1)CCO2.I. The lowest BCUT2D eigenvalue weighted by atomic mass is 10.1. The van der Waals surface area contributed by atoms with Crippen LogP contribution in [-0.2, 0) is 12.8 Å². The van der Waals surface area contributed by atoms with Crippen molar-refractivity contribution in [3.8, 4) is 5.75 Å². The maximum Gasteiger partial charge on any atom is 0.191 e.